The lowest BCUT2D eigenvalue weighted by atomic mass is 9.63. The van der Waals surface area contributed by atoms with Crippen molar-refractivity contribution in [3.8, 4) is 11.3 Å². The fourth-order valence-electron chi connectivity index (χ4n) is 5.52. The number of aromatic amines is 1. The van der Waals surface area contributed by atoms with Crippen LogP contribution in [0.5, 0.6) is 0 Å². The number of hydrogen-bond acceptors (Lipinski definition) is 4. The van der Waals surface area contributed by atoms with Crippen molar-refractivity contribution in [1.82, 2.24) is 25.3 Å². The molecule has 1 saturated carbocycles. The van der Waals surface area contributed by atoms with Crippen LogP contribution in [0.3, 0.4) is 0 Å². The third-order valence-electron chi connectivity index (χ3n) is 8.06. The van der Waals surface area contributed by atoms with Crippen molar-refractivity contribution in [1.29, 1.82) is 0 Å². The van der Waals surface area contributed by atoms with E-state index in [1.807, 2.05) is 17.0 Å². The molecule has 3 aromatic rings. The second-order valence-corrected chi connectivity index (χ2v) is 9.92. The highest BCUT2D eigenvalue weighted by Crippen LogP contribution is 2.61. The predicted octanol–water partition coefficient (Wildman–Crippen LogP) is 4.54. The number of likely N-dealkylation sites (tertiary alicyclic amines) is 1. The molecule has 2 fully saturated rings. The van der Waals surface area contributed by atoms with Crippen LogP contribution in [-0.4, -0.2) is 44.3 Å². The maximum atomic E-state index is 14.3. The van der Waals surface area contributed by atoms with Crippen molar-refractivity contribution in [2.75, 3.05) is 13.1 Å². The van der Waals surface area contributed by atoms with Gasteiger partial charge in [-0.15, -0.1) is 0 Å². The first-order valence-electron chi connectivity index (χ1n) is 11.2. The lowest BCUT2D eigenvalue weighted by Crippen LogP contribution is -2.56. The van der Waals surface area contributed by atoms with Gasteiger partial charge in [0, 0.05) is 36.5 Å². The number of H-pyrrole nitrogens is 1. The maximum absolute atomic E-state index is 14.3. The normalized spacial score (nSPS) is 25.0. The van der Waals surface area contributed by atoms with Crippen LogP contribution in [0.25, 0.3) is 11.3 Å². The molecule has 1 saturated heterocycles. The molecule has 5 rings (SSSR count). The van der Waals surface area contributed by atoms with Crippen molar-refractivity contribution in [3.05, 3.63) is 65.9 Å². The second kappa shape index (κ2) is 7.50. The molecule has 1 aromatic carbocycles. The number of carbonyl (C=O) groups excluding carboxylic acids is 1. The SMILES string of the molecule is CC1(C)[C@H](c2cnnc(-c3ccccc3F)c2)CC[C@@]1(C)C(=O)N1CC(c2ccn[nH]2)C1. The molecular weight excluding hydrogens is 405 g/mol. The Kier molecular flexibility index (Phi) is 4.87. The summed E-state index contributed by atoms with van der Waals surface area (Å²) in [7, 11) is 0. The molecule has 6 nitrogen and oxygen atoms in total. The number of nitrogens with zero attached hydrogens (tertiary/aromatic N) is 4. The van der Waals surface area contributed by atoms with Crippen LogP contribution in [-0.2, 0) is 4.79 Å². The van der Waals surface area contributed by atoms with Crippen molar-refractivity contribution < 1.29 is 9.18 Å². The summed E-state index contributed by atoms with van der Waals surface area (Å²) in [6.07, 6.45) is 5.22. The lowest BCUT2D eigenvalue weighted by Gasteiger charge is -2.48. The molecule has 0 spiro atoms. The standard InChI is InChI=1S/C25H28FN5O/c1-24(2)19(16-12-22(30-28-13-16)18-6-4-5-7-20(18)26)8-10-25(24,3)23(32)31-14-17(15-31)21-9-11-27-29-21/h4-7,9,11-13,17,19H,8,10,14-15H2,1-3H3,(H,27,29)/t19-,25-/m0/s1. The molecule has 0 unspecified atom stereocenters. The molecule has 1 aliphatic carbocycles. The monoisotopic (exact) mass is 433 g/mol. The first-order chi connectivity index (χ1) is 15.3. The Balaban J connectivity index is 1.37. The third-order valence-corrected chi connectivity index (χ3v) is 8.06. The molecule has 0 bridgehead atoms. The van der Waals surface area contributed by atoms with Gasteiger partial charge in [0.2, 0.25) is 5.91 Å². The van der Waals surface area contributed by atoms with Gasteiger partial charge in [-0.05, 0) is 54.0 Å². The number of carbonyl (C=O) groups is 1. The molecule has 2 atom stereocenters. The van der Waals surface area contributed by atoms with E-state index < -0.39 is 5.41 Å². The number of amides is 1. The Labute approximate surface area is 187 Å². The Hall–Kier alpha value is -3.09. The van der Waals surface area contributed by atoms with Gasteiger partial charge in [0.25, 0.3) is 0 Å². The summed E-state index contributed by atoms with van der Waals surface area (Å²) in [6.45, 7) is 7.92. The van der Waals surface area contributed by atoms with Gasteiger partial charge in [-0.25, -0.2) is 4.39 Å². The fraction of sp³-hybridized carbons (Fsp3) is 0.440. The van der Waals surface area contributed by atoms with E-state index in [2.05, 4.69) is 41.2 Å². The van der Waals surface area contributed by atoms with E-state index in [9.17, 15) is 9.18 Å². The van der Waals surface area contributed by atoms with Crippen molar-refractivity contribution >= 4 is 5.91 Å². The van der Waals surface area contributed by atoms with Crippen molar-refractivity contribution in [2.24, 2.45) is 10.8 Å². The summed E-state index contributed by atoms with van der Waals surface area (Å²) in [5.41, 5.74) is 2.32. The maximum Gasteiger partial charge on any atom is 0.229 e. The summed E-state index contributed by atoms with van der Waals surface area (Å²) in [5, 5.41) is 15.4. The van der Waals surface area contributed by atoms with Gasteiger partial charge < -0.3 is 4.90 Å². The Morgan fingerprint density at radius 1 is 1.19 bits per heavy atom. The largest absolute Gasteiger partial charge is 0.341 e. The minimum atomic E-state index is -0.474. The average Bonchev–Trinajstić information content (AvgIpc) is 3.34. The molecular formula is C25H28FN5O. The van der Waals surface area contributed by atoms with Crippen LogP contribution < -0.4 is 0 Å². The van der Waals surface area contributed by atoms with Gasteiger partial charge in [-0.1, -0.05) is 32.9 Å². The molecule has 2 aliphatic rings. The summed E-state index contributed by atoms with van der Waals surface area (Å²) < 4.78 is 14.3. The average molecular weight is 434 g/mol. The highest BCUT2D eigenvalue weighted by molar-refractivity contribution is 5.85. The zero-order valence-electron chi connectivity index (χ0n) is 18.7. The van der Waals surface area contributed by atoms with Gasteiger partial charge >= 0.3 is 0 Å². The van der Waals surface area contributed by atoms with Crippen LogP contribution in [0, 0.1) is 16.6 Å². The lowest BCUT2D eigenvalue weighted by molar-refractivity contribution is -0.151. The second-order valence-electron chi connectivity index (χ2n) is 9.92. The Morgan fingerprint density at radius 2 is 1.97 bits per heavy atom. The van der Waals surface area contributed by atoms with E-state index in [0.29, 0.717) is 17.2 Å². The van der Waals surface area contributed by atoms with Crippen molar-refractivity contribution in [3.63, 3.8) is 0 Å². The molecule has 1 amide bonds. The Bertz CT molecular complexity index is 1140. The molecule has 1 aliphatic heterocycles. The molecule has 1 N–H and O–H groups in total. The van der Waals surface area contributed by atoms with Crippen LogP contribution in [0.2, 0.25) is 0 Å². The summed E-state index contributed by atoms with van der Waals surface area (Å²) >= 11 is 0. The predicted molar refractivity (Wildman–Crippen MR) is 119 cm³/mol. The molecule has 166 valence electrons. The highest BCUT2D eigenvalue weighted by atomic mass is 19.1. The number of halogens is 1. The quantitative estimate of drug-likeness (QED) is 0.655. The van der Waals surface area contributed by atoms with E-state index in [-0.39, 0.29) is 23.1 Å². The summed E-state index contributed by atoms with van der Waals surface area (Å²) in [4.78, 5) is 15.6. The van der Waals surface area contributed by atoms with Crippen LogP contribution >= 0.6 is 0 Å². The minimum absolute atomic E-state index is 0.141. The number of rotatable bonds is 4. The highest BCUT2D eigenvalue weighted by Gasteiger charge is 2.58. The van der Waals surface area contributed by atoms with E-state index >= 15 is 0 Å². The zero-order chi connectivity index (χ0) is 22.5. The van der Waals surface area contributed by atoms with Crippen molar-refractivity contribution in [2.45, 2.75) is 45.4 Å². The van der Waals surface area contributed by atoms with E-state index in [1.54, 1.807) is 30.6 Å². The van der Waals surface area contributed by atoms with E-state index in [4.69, 9.17) is 0 Å². The first kappa shape index (κ1) is 20.8. The van der Waals surface area contributed by atoms with Crippen LogP contribution in [0.4, 0.5) is 4.39 Å². The minimum Gasteiger partial charge on any atom is -0.341 e. The molecule has 32 heavy (non-hydrogen) atoms. The van der Waals surface area contributed by atoms with Gasteiger partial charge in [0.05, 0.1) is 17.3 Å². The topological polar surface area (TPSA) is 74.8 Å². The first-order valence-corrected chi connectivity index (χ1v) is 11.2. The number of aromatic nitrogens is 4. The zero-order valence-corrected chi connectivity index (χ0v) is 18.7. The number of hydrogen-bond donors (Lipinski definition) is 1. The van der Waals surface area contributed by atoms with Gasteiger partial charge in [0.1, 0.15) is 5.82 Å². The number of benzene rings is 1. The number of nitrogens with one attached hydrogen (secondary N) is 1. The smallest absolute Gasteiger partial charge is 0.229 e. The van der Waals surface area contributed by atoms with Gasteiger partial charge in [-0.3, -0.25) is 9.89 Å². The summed E-state index contributed by atoms with van der Waals surface area (Å²) in [5.74, 6) is 0.381. The van der Waals surface area contributed by atoms with Crippen LogP contribution in [0.1, 0.15) is 56.7 Å². The van der Waals surface area contributed by atoms with Gasteiger partial charge in [-0.2, -0.15) is 15.3 Å². The third kappa shape index (κ3) is 3.14. The molecule has 7 heteroatoms. The molecule has 3 heterocycles. The van der Waals surface area contributed by atoms with Crippen LogP contribution in [0.15, 0.2) is 48.8 Å². The fourth-order valence-corrected chi connectivity index (χ4v) is 5.52. The summed E-state index contributed by atoms with van der Waals surface area (Å²) in [6, 6.07) is 10.5. The van der Waals surface area contributed by atoms with E-state index in [1.165, 1.54) is 6.07 Å². The van der Waals surface area contributed by atoms with E-state index in [0.717, 1.165) is 37.2 Å². The molecule has 0 radical (unpaired) electrons. The van der Waals surface area contributed by atoms with Gasteiger partial charge in [0.15, 0.2) is 0 Å². The Morgan fingerprint density at radius 3 is 2.69 bits per heavy atom. The molecule has 2 aromatic heterocycles.